The zero-order valence-electron chi connectivity index (χ0n) is 13.3. The highest BCUT2D eigenvalue weighted by Crippen LogP contribution is 2.43. The highest BCUT2D eigenvalue weighted by molar-refractivity contribution is 6.03. The number of fused-ring (bicyclic) bond motifs is 4. The van der Waals surface area contributed by atoms with Gasteiger partial charge in [-0.2, -0.15) is 0 Å². The molecule has 3 aliphatic rings. The lowest BCUT2D eigenvalue weighted by atomic mass is 10.0. The average Bonchev–Trinajstić information content (AvgIpc) is 3.33. The second kappa shape index (κ2) is 4.88. The monoisotopic (exact) mass is 308 g/mol. The van der Waals surface area contributed by atoms with Crippen LogP contribution >= 0.6 is 0 Å². The van der Waals surface area contributed by atoms with Crippen LogP contribution < -0.4 is 9.47 Å². The minimum absolute atomic E-state index is 0.191. The molecule has 1 atom stereocenters. The Labute approximate surface area is 135 Å². The molecule has 0 saturated heterocycles. The predicted molar refractivity (Wildman–Crippen MR) is 89.1 cm³/mol. The summed E-state index contributed by atoms with van der Waals surface area (Å²) >= 11 is 0. The Kier molecular flexibility index (Phi) is 2.81. The van der Waals surface area contributed by atoms with Crippen LogP contribution in [0.3, 0.4) is 0 Å². The molecule has 1 fully saturated rings. The molecule has 23 heavy (non-hydrogen) atoms. The number of hydrogen-bond donors (Lipinski definition) is 0. The van der Waals surface area contributed by atoms with E-state index in [9.17, 15) is 0 Å². The minimum atomic E-state index is 0.191. The quantitative estimate of drug-likeness (QED) is 0.843. The van der Waals surface area contributed by atoms with Crippen LogP contribution in [-0.4, -0.2) is 23.5 Å². The summed E-state index contributed by atoms with van der Waals surface area (Å²) in [6.45, 7) is 3.44. The molecule has 118 valence electrons. The largest absolute Gasteiger partial charge is 0.486 e. The lowest BCUT2D eigenvalue weighted by molar-refractivity contribution is 0.171. The van der Waals surface area contributed by atoms with Crippen molar-refractivity contribution < 1.29 is 9.47 Å². The number of aliphatic imine (C=N–C) groups is 1. The van der Waals surface area contributed by atoms with Gasteiger partial charge >= 0.3 is 0 Å². The van der Waals surface area contributed by atoms with Gasteiger partial charge in [0, 0.05) is 23.7 Å². The first-order valence-electron chi connectivity index (χ1n) is 8.54. The van der Waals surface area contributed by atoms with Crippen molar-refractivity contribution in [2.24, 2.45) is 10.9 Å². The van der Waals surface area contributed by atoms with Crippen LogP contribution in [0.4, 0.5) is 0 Å². The Morgan fingerprint density at radius 1 is 1.17 bits per heavy atom. The lowest BCUT2D eigenvalue weighted by Crippen LogP contribution is -2.16. The van der Waals surface area contributed by atoms with E-state index in [0.717, 1.165) is 17.9 Å². The molecule has 2 aromatic rings. The van der Waals surface area contributed by atoms with Crippen molar-refractivity contribution in [1.29, 1.82) is 0 Å². The van der Waals surface area contributed by atoms with Gasteiger partial charge in [0.2, 0.25) is 0 Å². The molecule has 5 rings (SSSR count). The molecule has 1 saturated carbocycles. The van der Waals surface area contributed by atoms with E-state index in [1.54, 1.807) is 0 Å². The summed E-state index contributed by atoms with van der Waals surface area (Å²) in [7, 11) is 0. The molecule has 4 heteroatoms. The van der Waals surface area contributed by atoms with E-state index >= 15 is 0 Å². The lowest BCUT2D eigenvalue weighted by Gasteiger charge is -2.23. The fraction of sp³-hybridized carbons (Fsp3) is 0.421. The Morgan fingerprint density at radius 3 is 2.70 bits per heavy atom. The van der Waals surface area contributed by atoms with Crippen LogP contribution in [0.25, 0.3) is 5.69 Å². The Balaban J connectivity index is 1.76. The summed E-state index contributed by atoms with van der Waals surface area (Å²) in [5.74, 6) is 2.33. The molecule has 1 aromatic carbocycles. The third-order valence-electron chi connectivity index (χ3n) is 4.97. The van der Waals surface area contributed by atoms with Crippen molar-refractivity contribution in [3.8, 4) is 17.2 Å². The van der Waals surface area contributed by atoms with Gasteiger partial charge in [0.1, 0.15) is 13.2 Å². The maximum atomic E-state index is 5.80. The van der Waals surface area contributed by atoms with Crippen LogP contribution in [0.2, 0.25) is 0 Å². The minimum Gasteiger partial charge on any atom is -0.486 e. The van der Waals surface area contributed by atoms with Crippen LogP contribution in [0.1, 0.15) is 43.5 Å². The second-order valence-corrected chi connectivity index (χ2v) is 6.53. The summed E-state index contributed by atoms with van der Waals surface area (Å²) in [4.78, 5) is 5.16. The number of nitrogens with zero attached hydrogens (tertiary/aromatic N) is 2. The van der Waals surface area contributed by atoms with Gasteiger partial charge in [0.15, 0.2) is 11.5 Å². The van der Waals surface area contributed by atoms with Crippen molar-refractivity contribution in [3.63, 3.8) is 0 Å². The second-order valence-electron chi connectivity index (χ2n) is 6.53. The van der Waals surface area contributed by atoms with Crippen molar-refractivity contribution in [3.05, 3.63) is 41.7 Å². The topological polar surface area (TPSA) is 35.8 Å². The van der Waals surface area contributed by atoms with E-state index in [0.29, 0.717) is 19.1 Å². The highest BCUT2D eigenvalue weighted by atomic mass is 16.6. The Morgan fingerprint density at radius 2 is 1.96 bits per heavy atom. The van der Waals surface area contributed by atoms with Gasteiger partial charge in [0.25, 0.3) is 0 Å². The first-order valence-corrected chi connectivity index (χ1v) is 8.54. The van der Waals surface area contributed by atoms with E-state index in [-0.39, 0.29) is 6.04 Å². The maximum Gasteiger partial charge on any atom is 0.163 e. The summed E-state index contributed by atoms with van der Waals surface area (Å²) in [6.07, 6.45) is 5.66. The van der Waals surface area contributed by atoms with Crippen LogP contribution in [0.5, 0.6) is 11.5 Å². The predicted octanol–water partition coefficient (Wildman–Crippen LogP) is 3.91. The van der Waals surface area contributed by atoms with Crippen molar-refractivity contribution in [1.82, 2.24) is 4.57 Å². The van der Waals surface area contributed by atoms with Crippen molar-refractivity contribution >= 4 is 5.71 Å². The van der Waals surface area contributed by atoms with Crippen molar-refractivity contribution in [2.45, 2.75) is 32.2 Å². The van der Waals surface area contributed by atoms with Crippen LogP contribution in [0.15, 0.2) is 35.5 Å². The number of hydrogen-bond acceptors (Lipinski definition) is 3. The first-order chi connectivity index (χ1) is 11.3. The van der Waals surface area contributed by atoms with E-state index in [2.05, 4.69) is 42.0 Å². The maximum absolute atomic E-state index is 5.80. The summed E-state index contributed by atoms with van der Waals surface area (Å²) in [5, 5.41) is 0. The molecule has 1 aromatic heterocycles. The smallest absolute Gasteiger partial charge is 0.163 e. The van der Waals surface area contributed by atoms with E-state index in [1.807, 2.05) is 0 Å². The van der Waals surface area contributed by atoms with Gasteiger partial charge in [-0.3, -0.25) is 4.99 Å². The zero-order chi connectivity index (χ0) is 15.4. The first kappa shape index (κ1) is 13.2. The SMILES string of the molecule is CC[C@@H]1N=C(C2CC2)c2cccn2-c2cc3c(cc21)OCCO3. The molecule has 0 N–H and O–H groups in total. The van der Waals surface area contributed by atoms with Gasteiger partial charge in [-0.15, -0.1) is 0 Å². The van der Waals surface area contributed by atoms with E-state index < -0.39 is 0 Å². The highest BCUT2D eigenvalue weighted by Gasteiger charge is 2.34. The normalized spacial score (nSPS) is 22.0. The molecule has 0 radical (unpaired) electrons. The molecule has 0 bridgehead atoms. The number of aromatic nitrogens is 1. The van der Waals surface area contributed by atoms with Gasteiger partial charge < -0.3 is 14.0 Å². The number of rotatable bonds is 2. The Bertz CT molecular complexity index is 802. The van der Waals surface area contributed by atoms with E-state index in [4.69, 9.17) is 14.5 Å². The molecule has 0 amide bonds. The molecule has 0 unspecified atom stereocenters. The summed E-state index contributed by atoms with van der Waals surface area (Å²) in [5.41, 5.74) is 4.93. The van der Waals surface area contributed by atoms with Crippen LogP contribution in [0, 0.1) is 5.92 Å². The number of ether oxygens (including phenoxy) is 2. The summed E-state index contributed by atoms with van der Waals surface area (Å²) < 4.78 is 13.9. The fourth-order valence-electron chi connectivity index (χ4n) is 3.66. The van der Waals surface area contributed by atoms with Gasteiger partial charge in [-0.25, -0.2) is 0 Å². The Hall–Kier alpha value is -2.23. The fourth-order valence-corrected chi connectivity index (χ4v) is 3.66. The molecule has 1 aliphatic carbocycles. The summed E-state index contributed by atoms with van der Waals surface area (Å²) in [6, 6.07) is 8.76. The third-order valence-corrected chi connectivity index (χ3v) is 4.97. The average molecular weight is 308 g/mol. The van der Waals surface area contributed by atoms with Gasteiger partial charge in [-0.1, -0.05) is 6.92 Å². The molecule has 0 spiro atoms. The molecule has 4 nitrogen and oxygen atoms in total. The van der Waals surface area contributed by atoms with Crippen molar-refractivity contribution in [2.75, 3.05) is 13.2 Å². The zero-order valence-corrected chi connectivity index (χ0v) is 13.3. The number of benzene rings is 1. The molecule has 3 heterocycles. The van der Waals surface area contributed by atoms with Crippen LogP contribution in [-0.2, 0) is 0 Å². The van der Waals surface area contributed by atoms with Gasteiger partial charge in [-0.05, 0) is 37.5 Å². The third kappa shape index (κ3) is 2.01. The molecule has 2 aliphatic heterocycles. The molecular weight excluding hydrogens is 288 g/mol. The molecular formula is C19H20N2O2. The van der Waals surface area contributed by atoms with E-state index in [1.165, 1.54) is 35.5 Å². The van der Waals surface area contributed by atoms with Gasteiger partial charge in [0.05, 0.1) is 23.1 Å². The standard InChI is InChI=1S/C19H20N2O2/c1-2-14-13-10-17-18(23-9-8-22-17)11-16(13)21-7-3-4-15(21)19(20-14)12-5-6-12/h3-4,7,10-12,14H,2,5-6,8-9H2,1H3/t14-/m0/s1.